The van der Waals surface area contributed by atoms with Gasteiger partial charge in [0, 0.05) is 30.2 Å². The Bertz CT molecular complexity index is 502. The molecule has 2 rings (SSSR count). The average molecular weight is 309 g/mol. The minimum absolute atomic E-state index is 0.203. The second-order valence-electron chi connectivity index (χ2n) is 6.26. The molecule has 2 heterocycles. The highest BCUT2D eigenvalue weighted by Gasteiger charge is 2.32. The molecule has 1 unspecified atom stereocenters. The first-order chi connectivity index (χ1) is 9.85. The summed E-state index contributed by atoms with van der Waals surface area (Å²) >= 11 is 1.60. The molecule has 21 heavy (non-hydrogen) atoms. The lowest BCUT2D eigenvalue weighted by Crippen LogP contribution is -2.40. The minimum atomic E-state index is -0.447. The third-order valence-electron chi connectivity index (χ3n) is 3.18. The summed E-state index contributed by atoms with van der Waals surface area (Å²) in [6, 6.07) is 2.08. The third kappa shape index (κ3) is 4.88. The summed E-state index contributed by atoms with van der Waals surface area (Å²) in [6.07, 6.45) is 3.60. The molecule has 1 aliphatic rings. The molecule has 6 heteroatoms. The Hall–Kier alpha value is -1.30. The molecule has 1 aromatic heterocycles. The van der Waals surface area contributed by atoms with Gasteiger partial charge in [-0.25, -0.2) is 14.8 Å². The third-order valence-corrected chi connectivity index (χ3v) is 4.19. The lowest BCUT2D eigenvalue weighted by Gasteiger charge is -2.28. The lowest BCUT2D eigenvalue weighted by atomic mass is 10.2. The van der Waals surface area contributed by atoms with Gasteiger partial charge in [-0.2, -0.15) is 0 Å². The lowest BCUT2D eigenvalue weighted by molar-refractivity contribution is 0.0242. The summed E-state index contributed by atoms with van der Waals surface area (Å²) in [5, 5.41) is 0.769. The van der Waals surface area contributed by atoms with E-state index in [1.807, 2.05) is 38.7 Å². The van der Waals surface area contributed by atoms with Gasteiger partial charge < -0.3 is 9.64 Å². The molecule has 1 aromatic rings. The van der Waals surface area contributed by atoms with Crippen molar-refractivity contribution in [1.29, 1.82) is 0 Å². The summed E-state index contributed by atoms with van der Waals surface area (Å²) in [5.41, 5.74) is 0.514. The van der Waals surface area contributed by atoms with Gasteiger partial charge in [0.1, 0.15) is 5.60 Å². The van der Waals surface area contributed by atoms with Crippen molar-refractivity contribution >= 4 is 17.9 Å². The summed E-state index contributed by atoms with van der Waals surface area (Å²) in [5.74, 6) is 0.808. The Labute approximate surface area is 130 Å². The Balaban J connectivity index is 1.91. The van der Waals surface area contributed by atoms with E-state index in [4.69, 9.17) is 4.74 Å². The quantitative estimate of drug-likeness (QED) is 0.633. The smallest absolute Gasteiger partial charge is 0.410 e. The molecular weight excluding hydrogens is 286 g/mol. The number of hydrogen-bond acceptors (Lipinski definition) is 5. The maximum atomic E-state index is 12.2. The molecule has 116 valence electrons. The van der Waals surface area contributed by atoms with Gasteiger partial charge in [-0.15, -0.1) is 0 Å². The van der Waals surface area contributed by atoms with Crippen LogP contribution in [0.15, 0.2) is 17.4 Å². The summed E-state index contributed by atoms with van der Waals surface area (Å²) in [4.78, 5) is 22.7. The van der Waals surface area contributed by atoms with Gasteiger partial charge in [-0.05, 0) is 46.6 Å². The molecule has 1 amide bonds. The van der Waals surface area contributed by atoms with Crippen LogP contribution in [-0.2, 0) is 4.74 Å². The standard InChI is InChI=1S/C15H23N3O2S/c1-11-7-8-16-13(17-11)21-10-12-6-5-9-18(12)14(19)20-15(2,3)4/h7-8,12H,5-6,9-10H2,1-4H3. The van der Waals surface area contributed by atoms with Crippen molar-refractivity contribution in [3.8, 4) is 0 Å². The monoisotopic (exact) mass is 309 g/mol. The number of amides is 1. The van der Waals surface area contributed by atoms with Crippen molar-refractivity contribution in [2.75, 3.05) is 12.3 Å². The predicted molar refractivity (Wildman–Crippen MR) is 83.5 cm³/mol. The molecule has 1 fully saturated rings. The number of carbonyl (C=O) groups is 1. The number of likely N-dealkylation sites (tertiary alicyclic amines) is 1. The molecule has 0 N–H and O–H groups in total. The fraction of sp³-hybridized carbons (Fsp3) is 0.667. The molecule has 0 bridgehead atoms. The van der Waals surface area contributed by atoms with Crippen LogP contribution in [-0.4, -0.2) is 44.9 Å². The minimum Gasteiger partial charge on any atom is -0.444 e. The number of aromatic nitrogens is 2. The van der Waals surface area contributed by atoms with E-state index in [1.54, 1.807) is 18.0 Å². The maximum absolute atomic E-state index is 12.2. The molecule has 0 aliphatic carbocycles. The zero-order valence-corrected chi connectivity index (χ0v) is 13.9. The van der Waals surface area contributed by atoms with Gasteiger partial charge in [0.05, 0.1) is 0 Å². The molecule has 5 nitrogen and oxygen atoms in total. The maximum Gasteiger partial charge on any atom is 0.410 e. The first-order valence-corrected chi connectivity index (χ1v) is 8.26. The molecule has 0 aromatic carbocycles. The first kappa shape index (κ1) is 16.1. The molecule has 1 aliphatic heterocycles. The van der Waals surface area contributed by atoms with E-state index < -0.39 is 5.60 Å². The zero-order valence-electron chi connectivity index (χ0n) is 13.1. The predicted octanol–water partition coefficient (Wildman–Crippen LogP) is 3.28. The highest BCUT2D eigenvalue weighted by atomic mass is 32.2. The highest BCUT2D eigenvalue weighted by Crippen LogP contribution is 2.25. The average Bonchev–Trinajstić information content (AvgIpc) is 2.83. The molecule has 0 saturated carbocycles. The molecule has 1 atom stereocenters. The van der Waals surface area contributed by atoms with Gasteiger partial charge in [-0.3, -0.25) is 0 Å². The Morgan fingerprint density at radius 2 is 2.29 bits per heavy atom. The SMILES string of the molecule is Cc1ccnc(SCC2CCCN2C(=O)OC(C)(C)C)n1. The molecule has 0 spiro atoms. The topological polar surface area (TPSA) is 55.3 Å². The largest absolute Gasteiger partial charge is 0.444 e. The van der Waals surface area contributed by atoms with Gasteiger partial charge in [0.25, 0.3) is 0 Å². The zero-order chi connectivity index (χ0) is 15.5. The van der Waals surface area contributed by atoms with Crippen LogP contribution in [0.5, 0.6) is 0 Å². The van der Waals surface area contributed by atoms with Gasteiger partial charge in [-0.1, -0.05) is 11.8 Å². The fourth-order valence-corrected chi connectivity index (χ4v) is 3.27. The van der Waals surface area contributed by atoms with E-state index in [2.05, 4.69) is 9.97 Å². The van der Waals surface area contributed by atoms with Crippen LogP contribution in [0.25, 0.3) is 0 Å². The van der Waals surface area contributed by atoms with Crippen LogP contribution in [0, 0.1) is 6.92 Å². The van der Waals surface area contributed by atoms with Crippen molar-refractivity contribution in [3.63, 3.8) is 0 Å². The second-order valence-corrected chi connectivity index (χ2v) is 7.25. The number of ether oxygens (including phenoxy) is 1. The van der Waals surface area contributed by atoms with Crippen LogP contribution in [0.4, 0.5) is 4.79 Å². The van der Waals surface area contributed by atoms with Crippen molar-refractivity contribution < 1.29 is 9.53 Å². The van der Waals surface area contributed by atoms with E-state index in [9.17, 15) is 4.79 Å². The van der Waals surface area contributed by atoms with Crippen LogP contribution < -0.4 is 0 Å². The van der Waals surface area contributed by atoms with E-state index in [0.29, 0.717) is 0 Å². The second kappa shape index (κ2) is 6.64. The van der Waals surface area contributed by atoms with Crippen molar-refractivity contribution in [1.82, 2.24) is 14.9 Å². The summed E-state index contributed by atoms with van der Waals surface area (Å²) < 4.78 is 5.47. The number of thioether (sulfide) groups is 1. The Morgan fingerprint density at radius 3 is 2.95 bits per heavy atom. The number of nitrogens with zero attached hydrogens (tertiary/aromatic N) is 3. The van der Waals surface area contributed by atoms with Crippen molar-refractivity contribution in [2.24, 2.45) is 0 Å². The van der Waals surface area contributed by atoms with E-state index >= 15 is 0 Å². The first-order valence-electron chi connectivity index (χ1n) is 7.27. The molecule has 1 saturated heterocycles. The van der Waals surface area contributed by atoms with Gasteiger partial charge >= 0.3 is 6.09 Å². The Morgan fingerprint density at radius 1 is 1.52 bits per heavy atom. The normalized spacial score (nSPS) is 18.9. The van der Waals surface area contributed by atoms with E-state index in [1.165, 1.54) is 0 Å². The van der Waals surface area contributed by atoms with Gasteiger partial charge in [0.2, 0.25) is 0 Å². The van der Waals surface area contributed by atoms with Gasteiger partial charge in [0.15, 0.2) is 5.16 Å². The Kier molecular flexibility index (Phi) is 5.08. The van der Waals surface area contributed by atoms with Crippen LogP contribution in [0.2, 0.25) is 0 Å². The number of hydrogen-bond donors (Lipinski definition) is 0. The summed E-state index contributed by atoms with van der Waals surface area (Å²) in [7, 11) is 0. The molecule has 0 radical (unpaired) electrons. The number of rotatable bonds is 3. The number of aryl methyl sites for hydroxylation is 1. The van der Waals surface area contributed by atoms with Crippen LogP contribution in [0.1, 0.15) is 39.3 Å². The molecular formula is C15H23N3O2S. The van der Waals surface area contributed by atoms with Crippen LogP contribution in [0.3, 0.4) is 0 Å². The van der Waals surface area contributed by atoms with Crippen molar-refractivity contribution in [2.45, 2.75) is 57.3 Å². The highest BCUT2D eigenvalue weighted by molar-refractivity contribution is 7.99. The van der Waals surface area contributed by atoms with Crippen molar-refractivity contribution in [3.05, 3.63) is 18.0 Å². The van der Waals surface area contributed by atoms with Crippen LogP contribution >= 0.6 is 11.8 Å². The number of carbonyl (C=O) groups excluding carboxylic acids is 1. The van der Waals surface area contributed by atoms with E-state index in [-0.39, 0.29) is 12.1 Å². The van der Waals surface area contributed by atoms with E-state index in [0.717, 1.165) is 36.0 Å². The fourth-order valence-electron chi connectivity index (χ4n) is 2.24. The summed E-state index contributed by atoms with van der Waals surface area (Å²) in [6.45, 7) is 8.41.